The fourth-order valence-corrected chi connectivity index (χ4v) is 6.51. The highest BCUT2D eigenvalue weighted by molar-refractivity contribution is 7.22. The Bertz CT molecular complexity index is 1680. The third-order valence-electron chi connectivity index (χ3n) is 8.03. The van der Waals surface area contributed by atoms with Crippen molar-refractivity contribution in [2.75, 3.05) is 11.9 Å². The molecule has 1 aliphatic rings. The van der Waals surface area contributed by atoms with Crippen molar-refractivity contribution in [2.24, 2.45) is 0 Å². The van der Waals surface area contributed by atoms with Gasteiger partial charge in [0.15, 0.2) is 5.13 Å². The minimum absolute atomic E-state index is 0.00593. The summed E-state index contributed by atoms with van der Waals surface area (Å²) in [5, 5.41) is 14.1. The Kier molecular flexibility index (Phi) is 9.81. The topological polar surface area (TPSA) is 108 Å². The van der Waals surface area contributed by atoms with Crippen LogP contribution in [0.15, 0.2) is 60.7 Å². The average molecular weight is 642 g/mol. The number of carbonyl (C=O) groups is 3. The smallest absolute Gasteiger partial charge is 0.419 e. The molecule has 45 heavy (non-hydrogen) atoms. The maximum Gasteiger partial charge on any atom is 0.419 e. The number of halogens is 4. The molecule has 1 atom stereocenters. The number of aromatic nitrogens is 1. The van der Waals surface area contributed by atoms with E-state index in [4.69, 9.17) is 5.11 Å². The van der Waals surface area contributed by atoms with E-state index in [2.05, 4.69) is 15.6 Å². The van der Waals surface area contributed by atoms with Crippen LogP contribution in [-0.2, 0) is 22.2 Å². The number of hydrogen-bond acceptors (Lipinski definition) is 5. The minimum Gasteiger partial charge on any atom is -0.481 e. The summed E-state index contributed by atoms with van der Waals surface area (Å²) in [4.78, 5) is 41.0. The first-order chi connectivity index (χ1) is 21.5. The molecule has 0 spiro atoms. The summed E-state index contributed by atoms with van der Waals surface area (Å²) in [7, 11) is 0. The predicted octanol–water partition coefficient (Wildman–Crippen LogP) is 7.67. The van der Waals surface area contributed by atoms with E-state index in [0.717, 1.165) is 35.3 Å². The molecule has 12 heteroatoms. The normalized spacial score (nSPS) is 14.7. The van der Waals surface area contributed by atoms with Crippen molar-refractivity contribution in [1.29, 1.82) is 0 Å². The number of carboxylic acid groups (broad SMARTS) is 1. The molecule has 0 bridgehead atoms. The summed E-state index contributed by atoms with van der Waals surface area (Å²) in [6, 6.07) is 15.9. The van der Waals surface area contributed by atoms with Crippen LogP contribution in [0.25, 0.3) is 10.2 Å². The number of hydrogen-bond donors (Lipinski definition) is 3. The fourth-order valence-electron chi connectivity index (χ4n) is 5.62. The van der Waals surface area contributed by atoms with Crippen LogP contribution in [-0.4, -0.2) is 34.4 Å². The fraction of sp³-hybridized carbons (Fsp3) is 0.333. The van der Waals surface area contributed by atoms with E-state index in [0.29, 0.717) is 23.6 Å². The van der Waals surface area contributed by atoms with Gasteiger partial charge in [0.1, 0.15) is 5.82 Å². The highest BCUT2D eigenvalue weighted by Crippen LogP contribution is 2.37. The Labute approximate surface area is 260 Å². The first-order valence-electron chi connectivity index (χ1n) is 14.6. The number of fused-ring (bicyclic) bond motifs is 1. The van der Waals surface area contributed by atoms with Crippen LogP contribution in [0.2, 0.25) is 0 Å². The Morgan fingerprint density at radius 3 is 2.31 bits per heavy atom. The van der Waals surface area contributed by atoms with E-state index in [1.54, 1.807) is 24.3 Å². The second-order valence-electron chi connectivity index (χ2n) is 11.2. The van der Waals surface area contributed by atoms with Crippen LogP contribution in [0.1, 0.15) is 83.0 Å². The molecule has 2 amide bonds. The second kappa shape index (κ2) is 13.8. The second-order valence-corrected chi connectivity index (χ2v) is 12.2. The van der Waals surface area contributed by atoms with Crippen LogP contribution < -0.4 is 10.6 Å². The van der Waals surface area contributed by atoms with Gasteiger partial charge in [-0.25, -0.2) is 9.37 Å². The lowest BCUT2D eigenvalue weighted by Gasteiger charge is -2.23. The number of carboxylic acids is 1. The number of alkyl halides is 3. The number of thiazole rings is 1. The molecule has 5 rings (SSSR count). The van der Waals surface area contributed by atoms with Crippen molar-refractivity contribution >= 4 is 44.5 Å². The van der Waals surface area contributed by atoms with Gasteiger partial charge in [-0.1, -0.05) is 67.0 Å². The van der Waals surface area contributed by atoms with Crippen LogP contribution in [0.3, 0.4) is 0 Å². The van der Waals surface area contributed by atoms with Gasteiger partial charge in [0.25, 0.3) is 5.91 Å². The minimum atomic E-state index is -4.87. The lowest BCUT2D eigenvalue weighted by Crippen LogP contribution is -2.26. The number of nitrogens with zero attached hydrogens (tertiary/aromatic N) is 1. The highest BCUT2D eigenvalue weighted by atomic mass is 32.1. The number of amides is 2. The van der Waals surface area contributed by atoms with Gasteiger partial charge in [0, 0.05) is 18.2 Å². The van der Waals surface area contributed by atoms with Crippen LogP contribution in [0.4, 0.5) is 22.7 Å². The molecule has 4 aromatic rings. The molecule has 1 unspecified atom stereocenters. The third kappa shape index (κ3) is 8.05. The number of benzene rings is 3. The first kappa shape index (κ1) is 32.1. The van der Waals surface area contributed by atoms with Crippen LogP contribution >= 0.6 is 11.3 Å². The number of rotatable bonds is 10. The molecule has 3 N–H and O–H groups in total. The van der Waals surface area contributed by atoms with E-state index < -0.39 is 41.3 Å². The molecule has 1 heterocycles. The van der Waals surface area contributed by atoms with E-state index in [1.165, 1.54) is 24.8 Å². The van der Waals surface area contributed by atoms with Gasteiger partial charge in [-0.05, 0) is 60.1 Å². The summed E-state index contributed by atoms with van der Waals surface area (Å²) < 4.78 is 53.9. The molecule has 3 aromatic carbocycles. The van der Waals surface area contributed by atoms with Gasteiger partial charge < -0.3 is 15.7 Å². The van der Waals surface area contributed by atoms with Gasteiger partial charge in [0.05, 0.1) is 28.1 Å². The number of nitrogens with one attached hydrogen (secondary N) is 2. The summed E-state index contributed by atoms with van der Waals surface area (Å²) in [6.45, 7) is -0.00899. The van der Waals surface area contributed by atoms with Gasteiger partial charge in [-0.3, -0.25) is 14.4 Å². The van der Waals surface area contributed by atoms with Crippen molar-refractivity contribution < 1.29 is 37.1 Å². The SMILES string of the molecule is O=C(O)CCNC(=O)c1ccc(CC(C(=O)Nc2nc3cc(F)c(C(F)(F)F)cc3s2)c2ccc(C3CCCCC3)cc2)cc1. The van der Waals surface area contributed by atoms with Crippen molar-refractivity contribution in [2.45, 2.75) is 63.0 Å². The monoisotopic (exact) mass is 641 g/mol. The Morgan fingerprint density at radius 1 is 0.978 bits per heavy atom. The molecule has 0 saturated heterocycles. The maximum absolute atomic E-state index is 14.1. The zero-order chi connectivity index (χ0) is 32.1. The van der Waals surface area contributed by atoms with Gasteiger partial charge in [0.2, 0.25) is 5.91 Å². The molecular weight excluding hydrogens is 610 g/mol. The van der Waals surface area contributed by atoms with Crippen molar-refractivity contribution in [3.05, 3.63) is 94.3 Å². The Morgan fingerprint density at radius 2 is 1.67 bits per heavy atom. The van der Waals surface area contributed by atoms with E-state index in [1.807, 2.05) is 24.3 Å². The maximum atomic E-state index is 14.1. The molecule has 1 fully saturated rings. The van der Waals surface area contributed by atoms with Gasteiger partial charge >= 0.3 is 12.1 Å². The lowest BCUT2D eigenvalue weighted by molar-refractivity contribution is -0.140. The summed E-state index contributed by atoms with van der Waals surface area (Å²) in [5.74, 6) is -3.56. The first-order valence-corrected chi connectivity index (χ1v) is 15.5. The predicted molar refractivity (Wildman–Crippen MR) is 163 cm³/mol. The molecule has 0 aliphatic heterocycles. The van der Waals surface area contributed by atoms with Crippen molar-refractivity contribution in [1.82, 2.24) is 10.3 Å². The van der Waals surface area contributed by atoms with Crippen molar-refractivity contribution in [3.63, 3.8) is 0 Å². The summed E-state index contributed by atoms with van der Waals surface area (Å²) >= 11 is 0.827. The lowest BCUT2D eigenvalue weighted by atomic mass is 9.83. The molecular formula is C33H31F4N3O4S. The molecule has 1 saturated carbocycles. The molecule has 1 aliphatic carbocycles. The largest absolute Gasteiger partial charge is 0.481 e. The zero-order valence-electron chi connectivity index (χ0n) is 24.1. The highest BCUT2D eigenvalue weighted by Gasteiger charge is 2.35. The molecule has 1 aromatic heterocycles. The Balaban J connectivity index is 1.38. The summed E-state index contributed by atoms with van der Waals surface area (Å²) in [5.41, 5.74) is 1.63. The zero-order valence-corrected chi connectivity index (χ0v) is 24.9. The van der Waals surface area contributed by atoms with E-state index in [9.17, 15) is 31.9 Å². The molecule has 7 nitrogen and oxygen atoms in total. The summed E-state index contributed by atoms with van der Waals surface area (Å²) in [6.07, 6.45) is 1.01. The van der Waals surface area contributed by atoms with Crippen LogP contribution in [0, 0.1) is 5.82 Å². The van der Waals surface area contributed by atoms with E-state index >= 15 is 0 Å². The molecule has 0 radical (unpaired) electrons. The number of carbonyl (C=O) groups excluding carboxylic acids is 2. The van der Waals surface area contributed by atoms with Gasteiger partial charge in [-0.15, -0.1) is 0 Å². The standard InChI is InChI=1S/C33H31F4N3O4S/c34-26-18-27-28(17-25(26)33(35,36)37)45-32(39-27)40-31(44)24(22-12-10-21(11-13-22)20-4-2-1-3-5-20)16-19-6-8-23(9-7-19)30(43)38-15-14-29(41)42/h6-13,17-18,20,24H,1-5,14-16H2,(H,38,43)(H,41,42)(H,39,40,44). The van der Waals surface area contributed by atoms with E-state index in [-0.39, 0.29) is 34.7 Å². The Hall–Kier alpha value is -4.32. The van der Waals surface area contributed by atoms with Crippen LogP contribution in [0.5, 0.6) is 0 Å². The number of anilines is 1. The quantitative estimate of drug-likeness (QED) is 0.154. The van der Waals surface area contributed by atoms with Gasteiger partial charge in [-0.2, -0.15) is 13.2 Å². The number of aliphatic carboxylic acids is 1. The van der Waals surface area contributed by atoms with Crippen molar-refractivity contribution in [3.8, 4) is 0 Å². The third-order valence-corrected chi connectivity index (χ3v) is 8.96. The molecule has 236 valence electrons. The average Bonchev–Trinajstić information content (AvgIpc) is 3.40.